The zero-order valence-corrected chi connectivity index (χ0v) is 33.9. The first-order valence-electron chi connectivity index (χ1n) is 18.6. The third kappa shape index (κ3) is 15.5. The van der Waals surface area contributed by atoms with Gasteiger partial charge < -0.3 is 40.1 Å². The van der Waals surface area contributed by atoms with E-state index in [-0.39, 0.29) is 43.7 Å². The van der Waals surface area contributed by atoms with Crippen molar-refractivity contribution < 1.29 is 57.2 Å². The van der Waals surface area contributed by atoms with E-state index in [0.29, 0.717) is 35.1 Å². The van der Waals surface area contributed by atoms with Crippen LogP contribution in [0.15, 0.2) is 88.9 Å². The monoisotopic (exact) mass is 861 g/mol. The number of aliphatic hydroxyl groups is 2. The number of amides is 2. The van der Waals surface area contributed by atoms with E-state index in [9.17, 15) is 41.5 Å². The zero-order chi connectivity index (χ0) is 44.6. The van der Waals surface area contributed by atoms with Crippen molar-refractivity contribution in [2.24, 2.45) is 0 Å². The summed E-state index contributed by atoms with van der Waals surface area (Å²) in [5, 5.41) is 35.5. The first-order valence-corrected chi connectivity index (χ1v) is 19.6. The van der Waals surface area contributed by atoms with E-state index in [2.05, 4.69) is 29.0 Å². The molecule has 324 valence electrons. The number of halogens is 4. The maximum Gasteiger partial charge on any atom is 0.416 e. The number of thioether (sulfide) groups is 1. The molecule has 14 nitrogen and oxygen atoms in total. The van der Waals surface area contributed by atoms with Gasteiger partial charge in [-0.15, -0.1) is 0 Å². The molecule has 0 spiro atoms. The quantitative estimate of drug-likeness (QED) is 0.0510. The van der Waals surface area contributed by atoms with Crippen LogP contribution in [0.5, 0.6) is 0 Å². The molecule has 0 radical (unpaired) electrons. The summed E-state index contributed by atoms with van der Waals surface area (Å²) in [6.07, 6.45) is -7.09. The van der Waals surface area contributed by atoms with Gasteiger partial charge in [0.2, 0.25) is 11.8 Å². The van der Waals surface area contributed by atoms with Crippen LogP contribution in [0.4, 0.5) is 17.6 Å². The molecule has 0 saturated carbocycles. The number of aliphatic hydroxyl groups excluding tert-OH is 2. The average Bonchev–Trinajstić information content (AvgIpc) is 3.21. The smallest absolute Gasteiger partial charge is 0.416 e. The summed E-state index contributed by atoms with van der Waals surface area (Å²) >= 11 is 1.26. The molecule has 0 fully saturated rings. The predicted molar refractivity (Wildman–Crippen MR) is 214 cm³/mol. The Morgan fingerprint density at radius 3 is 1.87 bits per heavy atom. The van der Waals surface area contributed by atoms with Gasteiger partial charge in [0.1, 0.15) is 12.4 Å². The molecule has 0 aliphatic carbocycles. The lowest BCUT2D eigenvalue weighted by Crippen LogP contribution is -2.40. The van der Waals surface area contributed by atoms with Gasteiger partial charge in [0.05, 0.1) is 5.56 Å². The average molecular weight is 862 g/mol. The molecule has 2 amide bonds. The number of nitrogens with zero attached hydrogens (tertiary/aromatic N) is 4. The van der Waals surface area contributed by atoms with Gasteiger partial charge in [0, 0.05) is 50.6 Å². The van der Waals surface area contributed by atoms with E-state index >= 15 is 0 Å². The fourth-order valence-electron chi connectivity index (χ4n) is 5.51. The molecule has 60 heavy (non-hydrogen) atoms. The van der Waals surface area contributed by atoms with Gasteiger partial charge in [0.15, 0.2) is 17.4 Å². The number of aliphatic carboxylic acids is 2. The molecule has 2 unspecified atom stereocenters. The van der Waals surface area contributed by atoms with Crippen molar-refractivity contribution in [2.75, 3.05) is 32.7 Å². The van der Waals surface area contributed by atoms with Gasteiger partial charge in [-0.1, -0.05) is 74.1 Å². The molecule has 1 aromatic heterocycles. The summed E-state index contributed by atoms with van der Waals surface area (Å²) in [6.45, 7) is 8.60. The number of nitrogens with one attached hydrogen (secondary N) is 1. The highest BCUT2D eigenvalue weighted by Gasteiger charge is 2.30. The molecule has 2 atom stereocenters. The molecule has 0 aliphatic rings. The maximum absolute atomic E-state index is 14.1. The van der Waals surface area contributed by atoms with E-state index in [1.165, 1.54) is 43.0 Å². The molecule has 19 heteroatoms. The number of hydrogen-bond acceptors (Lipinski definition) is 10. The summed E-state index contributed by atoms with van der Waals surface area (Å²) in [5.74, 6) is -3.93. The van der Waals surface area contributed by atoms with Crippen molar-refractivity contribution in [3.05, 3.63) is 117 Å². The second-order valence-corrected chi connectivity index (χ2v) is 14.3. The molecule has 3 aromatic carbocycles. The van der Waals surface area contributed by atoms with E-state index < -0.39 is 41.4 Å². The number of aromatic nitrogens is 2. The van der Waals surface area contributed by atoms with Crippen molar-refractivity contribution >= 4 is 35.5 Å². The topological polar surface area (TPSA) is 203 Å². The van der Waals surface area contributed by atoms with E-state index in [0.717, 1.165) is 41.9 Å². The Bertz CT molecular complexity index is 2080. The van der Waals surface area contributed by atoms with Crippen molar-refractivity contribution in [2.45, 2.75) is 69.6 Å². The van der Waals surface area contributed by atoms with Crippen molar-refractivity contribution in [3.8, 4) is 11.1 Å². The minimum atomic E-state index is -4.41. The third-order valence-corrected chi connectivity index (χ3v) is 10.1. The second kappa shape index (κ2) is 23.2. The van der Waals surface area contributed by atoms with Crippen molar-refractivity contribution in [1.29, 1.82) is 0 Å². The Kier molecular flexibility index (Phi) is 18.9. The van der Waals surface area contributed by atoms with Crippen molar-refractivity contribution in [1.82, 2.24) is 24.7 Å². The highest BCUT2D eigenvalue weighted by atomic mass is 32.2. The summed E-state index contributed by atoms with van der Waals surface area (Å²) in [6, 6.07) is 18.4. The summed E-state index contributed by atoms with van der Waals surface area (Å²) < 4.78 is 54.2. The van der Waals surface area contributed by atoms with E-state index in [1.807, 2.05) is 24.3 Å². The lowest BCUT2D eigenvalue weighted by molar-refractivity contribution is -0.165. The van der Waals surface area contributed by atoms with Crippen LogP contribution in [0.25, 0.3) is 11.1 Å². The first-order chi connectivity index (χ1) is 28.3. The standard InChI is InChI=1S/C37H41F4N5O3S.C4H6O6/c1-4-44(5-2)20-21-45(22-27-6-10-29(11-7-27)30-12-14-32(15-13-30)37(39,40)41)34(48)24-46-23-31(18-19-42-26(3)47)35(49)43-36(46)50-25-28-8-16-33(38)17-9-28;5-1(3(7)8)2(6)4(9)10/h6-17,23H,4-5,18-22,24-25H2,1-3H3,(H,42,47);1-2,5-6H,(H,7,8)(H,9,10). The first kappa shape index (κ1) is 48.7. The number of carbonyl (C=O) groups excluding carboxylic acids is 2. The largest absolute Gasteiger partial charge is 0.479 e. The van der Waals surface area contributed by atoms with Crippen LogP contribution in [0.2, 0.25) is 0 Å². The number of benzene rings is 3. The van der Waals surface area contributed by atoms with Gasteiger partial charge in [-0.2, -0.15) is 18.2 Å². The lowest BCUT2D eigenvalue weighted by Gasteiger charge is -2.27. The summed E-state index contributed by atoms with van der Waals surface area (Å²) in [5.41, 5.74) is 2.24. The number of alkyl halides is 3. The minimum Gasteiger partial charge on any atom is -0.479 e. The normalized spacial score (nSPS) is 12.2. The molecular formula is C41H47F4N5O9S. The summed E-state index contributed by atoms with van der Waals surface area (Å²) in [4.78, 5) is 66.2. The second-order valence-electron chi connectivity index (χ2n) is 13.3. The number of rotatable bonds is 19. The fourth-order valence-corrected chi connectivity index (χ4v) is 6.43. The molecular weight excluding hydrogens is 815 g/mol. The molecule has 4 aromatic rings. The minimum absolute atomic E-state index is 0.103. The zero-order valence-electron chi connectivity index (χ0n) is 33.1. The maximum atomic E-state index is 14.1. The van der Waals surface area contributed by atoms with Crippen LogP contribution < -0.4 is 10.9 Å². The van der Waals surface area contributed by atoms with Gasteiger partial charge >= 0.3 is 18.1 Å². The Morgan fingerprint density at radius 1 is 0.833 bits per heavy atom. The Balaban J connectivity index is 0.000000849. The Hall–Kier alpha value is -5.63. The lowest BCUT2D eigenvalue weighted by atomic mass is 10.0. The van der Waals surface area contributed by atoms with Crippen LogP contribution in [0, 0.1) is 5.82 Å². The summed E-state index contributed by atoms with van der Waals surface area (Å²) in [7, 11) is 0. The molecule has 0 aliphatic heterocycles. The van der Waals surface area contributed by atoms with Crippen LogP contribution in [-0.2, 0) is 50.6 Å². The molecule has 1 heterocycles. The third-order valence-electron chi connectivity index (χ3n) is 9.00. The highest BCUT2D eigenvalue weighted by molar-refractivity contribution is 7.98. The van der Waals surface area contributed by atoms with E-state index in [1.54, 1.807) is 27.8 Å². The van der Waals surface area contributed by atoms with Crippen molar-refractivity contribution in [3.63, 3.8) is 0 Å². The van der Waals surface area contributed by atoms with Gasteiger partial charge in [-0.3, -0.25) is 14.4 Å². The number of carboxylic acids is 2. The van der Waals surface area contributed by atoms with Crippen LogP contribution >= 0.6 is 11.8 Å². The number of hydrogen-bond donors (Lipinski definition) is 5. The predicted octanol–water partition coefficient (Wildman–Crippen LogP) is 4.29. The van der Waals surface area contributed by atoms with Crippen LogP contribution in [-0.4, -0.2) is 108 Å². The molecule has 5 N–H and O–H groups in total. The number of carbonyl (C=O) groups is 4. The van der Waals surface area contributed by atoms with Gasteiger partial charge in [-0.05, 0) is 66.0 Å². The molecule has 0 saturated heterocycles. The Morgan fingerprint density at radius 2 is 1.37 bits per heavy atom. The SMILES string of the molecule is CCN(CC)CCN(Cc1ccc(-c2ccc(C(F)(F)F)cc2)cc1)C(=O)Cn1cc(CCNC(C)=O)c(=O)nc1SCc1ccc(F)cc1.O=C(O)C(O)C(O)C(=O)O. The number of likely N-dealkylation sites (N-methyl/N-ethyl adjacent to an activating group) is 1. The van der Waals surface area contributed by atoms with Gasteiger partial charge in [-0.25, -0.2) is 14.0 Å². The fraction of sp³-hybridized carbons (Fsp3) is 0.366. The number of carboxylic acid groups (broad SMARTS) is 2. The molecule has 4 rings (SSSR count). The van der Waals surface area contributed by atoms with Gasteiger partial charge in [0.25, 0.3) is 5.56 Å². The Labute approximate surface area is 347 Å². The van der Waals surface area contributed by atoms with Crippen LogP contribution in [0.1, 0.15) is 43.0 Å². The molecule has 0 bridgehead atoms. The highest BCUT2D eigenvalue weighted by Crippen LogP contribution is 2.31. The van der Waals surface area contributed by atoms with E-state index in [4.69, 9.17) is 20.4 Å². The van der Waals surface area contributed by atoms with Crippen LogP contribution in [0.3, 0.4) is 0 Å².